The lowest BCUT2D eigenvalue weighted by Crippen LogP contribution is -1.83. The van der Waals surface area contributed by atoms with Crippen LogP contribution in [0, 0.1) is 13.8 Å². The zero-order valence-corrected chi connectivity index (χ0v) is 11.5. The predicted molar refractivity (Wildman–Crippen MR) is 69.7 cm³/mol. The number of hydrogen-bond donors (Lipinski definition) is 0. The van der Waals surface area contributed by atoms with Crippen molar-refractivity contribution in [2.24, 2.45) is 0 Å². The smallest absolute Gasteiger partial charge is 0.184 e. The van der Waals surface area contributed by atoms with Gasteiger partial charge in [0, 0.05) is 14.9 Å². The Hall–Kier alpha value is -0.380. The summed E-state index contributed by atoms with van der Waals surface area (Å²) in [6, 6.07) is 6.23. The number of benzene rings is 1. The van der Waals surface area contributed by atoms with E-state index in [1.807, 2.05) is 6.92 Å². The van der Waals surface area contributed by atoms with Gasteiger partial charge in [0.15, 0.2) is 4.47 Å². The quantitative estimate of drug-likeness (QED) is 0.734. The molecule has 15 heavy (non-hydrogen) atoms. The zero-order valence-electron chi connectivity index (χ0n) is 8.34. The molecule has 0 bridgehead atoms. The molecule has 2 aromatic rings. The number of hydrogen-bond acceptors (Lipinski definition) is 2. The van der Waals surface area contributed by atoms with Crippen molar-refractivity contribution in [1.29, 1.82) is 0 Å². The Kier molecular flexibility index (Phi) is 3.14. The molecule has 0 amide bonds. The standard InChI is InChI=1S/C11H9BrClNS/c1-6-3-4-8(9(12)5-6)10-7(2)15-11(13)14-10/h3-5H,1-2H3. The topological polar surface area (TPSA) is 12.9 Å². The highest BCUT2D eigenvalue weighted by Gasteiger charge is 2.11. The predicted octanol–water partition coefficient (Wildman–Crippen LogP) is 4.84. The summed E-state index contributed by atoms with van der Waals surface area (Å²) < 4.78 is 1.66. The molecule has 0 aliphatic heterocycles. The van der Waals surface area contributed by atoms with Crippen LogP contribution < -0.4 is 0 Å². The average Bonchev–Trinajstić information content (AvgIpc) is 2.45. The second-order valence-corrected chi connectivity index (χ2v) is 5.99. The van der Waals surface area contributed by atoms with Crippen molar-refractivity contribution in [2.45, 2.75) is 13.8 Å². The Morgan fingerprint density at radius 3 is 2.60 bits per heavy atom. The first-order valence-corrected chi connectivity index (χ1v) is 6.46. The third-order valence-electron chi connectivity index (χ3n) is 2.15. The summed E-state index contributed by atoms with van der Waals surface area (Å²) in [7, 11) is 0. The van der Waals surface area contributed by atoms with Gasteiger partial charge in [-0.3, -0.25) is 0 Å². The van der Waals surface area contributed by atoms with Gasteiger partial charge >= 0.3 is 0 Å². The summed E-state index contributed by atoms with van der Waals surface area (Å²) in [5.74, 6) is 0. The molecule has 1 heterocycles. The number of thiazole rings is 1. The number of halogens is 2. The Balaban J connectivity index is 2.59. The molecule has 1 aromatic carbocycles. The summed E-state index contributed by atoms with van der Waals surface area (Å²) in [4.78, 5) is 5.47. The van der Waals surface area contributed by atoms with Gasteiger partial charge in [0.1, 0.15) is 0 Å². The SMILES string of the molecule is Cc1ccc(-c2nc(Cl)sc2C)c(Br)c1. The summed E-state index contributed by atoms with van der Waals surface area (Å²) in [6.07, 6.45) is 0. The summed E-state index contributed by atoms with van der Waals surface area (Å²) in [5, 5.41) is 0. The molecule has 0 spiro atoms. The van der Waals surface area contributed by atoms with Crippen LogP contribution in [-0.2, 0) is 0 Å². The van der Waals surface area contributed by atoms with E-state index < -0.39 is 0 Å². The highest BCUT2D eigenvalue weighted by molar-refractivity contribution is 9.10. The molecule has 0 aliphatic rings. The van der Waals surface area contributed by atoms with E-state index in [9.17, 15) is 0 Å². The van der Waals surface area contributed by atoms with Crippen molar-refractivity contribution in [3.05, 3.63) is 37.6 Å². The normalized spacial score (nSPS) is 10.7. The fraction of sp³-hybridized carbons (Fsp3) is 0.182. The molecule has 0 aliphatic carbocycles. The average molecular weight is 303 g/mol. The molecule has 1 aromatic heterocycles. The first kappa shape index (κ1) is 11.1. The fourth-order valence-corrected chi connectivity index (χ4v) is 3.18. The zero-order chi connectivity index (χ0) is 11.0. The van der Waals surface area contributed by atoms with Crippen LogP contribution in [0.5, 0.6) is 0 Å². The first-order chi connectivity index (χ1) is 7.08. The van der Waals surface area contributed by atoms with Crippen molar-refractivity contribution < 1.29 is 0 Å². The van der Waals surface area contributed by atoms with Crippen molar-refractivity contribution in [3.8, 4) is 11.3 Å². The van der Waals surface area contributed by atoms with E-state index in [0.29, 0.717) is 4.47 Å². The molecule has 0 atom stereocenters. The van der Waals surface area contributed by atoms with Gasteiger partial charge < -0.3 is 0 Å². The fourth-order valence-electron chi connectivity index (χ4n) is 1.43. The summed E-state index contributed by atoms with van der Waals surface area (Å²) >= 11 is 11.0. The highest BCUT2D eigenvalue weighted by atomic mass is 79.9. The molecule has 0 N–H and O–H groups in total. The maximum atomic E-state index is 5.89. The molecular weight excluding hydrogens is 294 g/mol. The monoisotopic (exact) mass is 301 g/mol. The number of aryl methyl sites for hydroxylation is 2. The van der Waals surface area contributed by atoms with Crippen LogP contribution in [0.15, 0.2) is 22.7 Å². The lowest BCUT2D eigenvalue weighted by molar-refractivity contribution is 1.35. The Morgan fingerprint density at radius 1 is 1.33 bits per heavy atom. The second kappa shape index (κ2) is 4.24. The van der Waals surface area contributed by atoms with Gasteiger partial charge in [0.2, 0.25) is 0 Å². The third kappa shape index (κ3) is 2.25. The first-order valence-electron chi connectivity index (χ1n) is 4.47. The highest BCUT2D eigenvalue weighted by Crippen LogP contribution is 2.34. The van der Waals surface area contributed by atoms with E-state index in [2.05, 4.69) is 46.0 Å². The van der Waals surface area contributed by atoms with Crippen molar-refractivity contribution in [2.75, 3.05) is 0 Å². The maximum Gasteiger partial charge on any atom is 0.184 e. The van der Waals surface area contributed by atoms with Gasteiger partial charge in [-0.15, -0.1) is 11.3 Å². The minimum absolute atomic E-state index is 0.593. The minimum atomic E-state index is 0.593. The van der Waals surface area contributed by atoms with E-state index in [4.69, 9.17) is 11.6 Å². The van der Waals surface area contributed by atoms with Gasteiger partial charge in [-0.2, -0.15) is 0 Å². The Labute approximate surface area is 106 Å². The molecule has 0 fully saturated rings. The van der Waals surface area contributed by atoms with Crippen molar-refractivity contribution in [3.63, 3.8) is 0 Å². The maximum absolute atomic E-state index is 5.89. The van der Waals surface area contributed by atoms with E-state index in [0.717, 1.165) is 20.6 Å². The van der Waals surface area contributed by atoms with E-state index in [1.54, 1.807) is 0 Å². The van der Waals surface area contributed by atoms with Crippen molar-refractivity contribution >= 4 is 38.9 Å². The molecule has 0 saturated carbocycles. The Bertz CT molecular complexity index is 507. The number of aromatic nitrogens is 1. The van der Waals surface area contributed by atoms with Crippen LogP contribution in [-0.4, -0.2) is 4.98 Å². The molecule has 0 unspecified atom stereocenters. The lowest BCUT2D eigenvalue weighted by Gasteiger charge is -2.03. The summed E-state index contributed by atoms with van der Waals surface area (Å²) in [5.41, 5.74) is 3.29. The second-order valence-electron chi connectivity index (χ2n) is 3.35. The molecule has 4 heteroatoms. The minimum Gasteiger partial charge on any atom is -0.225 e. The molecule has 0 radical (unpaired) electrons. The van der Waals surface area contributed by atoms with Crippen LogP contribution in [0.25, 0.3) is 11.3 Å². The van der Waals surface area contributed by atoms with Crippen LogP contribution >= 0.6 is 38.9 Å². The van der Waals surface area contributed by atoms with Crippen LogP contribution in [0.2, 0.25) is 4.47 Å². The summed E-state index contributed by atoms with van der Waals surface area (Å²) in [6.45, 7) is 4.10. The molecular formula is C11H9BrClNS. The number of rotatable bonds is 1. The van der Waals surface area contributed by atoms with Crippen molar-refractivity contribution in [1.82, 2.24) is 4.98 Å². The van der Waals surface area contributed by atoms with E-state index in [-0.39, 0.29) is 0 Å². The molecule has 1 nitrogen and oxygen atoms in total. The Morgan fingerprint density at radius 2 is 2.07 bits per heavy atom. The van der Waals surface area contributed by atoms with E-state index in [1.165, 1.54) is 16.9 Å². The molecule has 78 valence electrons. The van der Waals surface area contributed by atoms with E-state index >= 15 is 0 Å². The number of nitrogens with zero attached hydrogens (tertiary/aromatic N) is 1. The van der Waals surface area contributed by atoms with Crippen LogP contribution in [0.1, 0.15) is 10.4 Å². The van der Waals surface area contributed by atoms with Gasteiger partial charge in [-0.05, 0) is 25.5 Å². The van der Waals surface area contributed by atoms with Gasteiger partial charge in [-0.1, -0.05) is 39.7 Å². The van der Waals surface area contributed by atoms with Gasteiger partial charge in [-0.25, -0.2) is 4.98 Å². The van der Waals surface area contributed by atoms with Gasteiger partial charge in [0.05, 0.1) is 5.69 Å². The lowest BCUT2D eigenvalue weighted by atomic mass is 10.1. The largest absolute Gasteiger partial charge is 0.225 e. The van der Waals surface area contributed by atoms with Gasteiger partial charge in [0.25, 0.3) is 0 Å². The third-order valence-corrected chi connectivity index (χ3v) is 3.88. The van der Waals surface area contributed by atoms with Crippen LogP contribution in [0.4, 0.5) is 0 Å². The molecule has 2 rings (SSSR count). The van der Waals surface area contributed by atoms with Crippen LogP contribution in [0.3, 0.4) is 0 Å². The molecule has 0 saturated heterocycles.